The van der Waals surface area contributed by atoms with Crippen molar-refractivity contribution in [1.82, 2.24) is 0 Å². The summed E-state index contributed by atoms with van der Waals surface area (Å²) in [6.07, 6.45) is 1.86. The number of nitrogens with one attached hydrogen (secondary N) is 2. The maximum atomic E-state index is 11.9. The molecule has 25 heavy (non-hydrogen) atoms. The first-order chi connectivity index (χ1) is 12.1. The molecule has 0 atom stereocenters. The first-order valence-corrected chi connectivity index (χ1v) is 8.53. The van der Waals surface area contributed by atoms with Crippen molar-refractivity contribution in [2.45, 2.75) is 19.8 Å². The number of ether oxygens (including phenoxy) is 2. The quantitative estimate of drug-likeness (QED) is 0.433. The molecule has 0 aromatic heterocycles. The number of carbonyl (C=O) groups excluding carboxylic acids is 1. The van der Waals surface area contributed by atoms with Gasteiger partial charge in [-0.25, -0.2) is 4.79 Å². The van der Waals surface area contributed by atoms with E-state index in [0.29, 0.717) is 23.0 Å². The predicted molar refractivity (Wildman–Crippen MR) is 104 cm³/mol. The Morgan fingerprint density at radius 2 is 1.80 bits per heavy atom. The summed E-state index contributed by atoms with van der Waals surface area (Å²) in [7, 11) is 1.61. The highest BCUT2D eigenvalue weighted by Gasteiger charge is 2.08. The summed E-state index contributed by atoms with van der Waals surface area (Å²) in [6.45, 7) is 2.50. The highest BCUT2D eigenvalue weighted by molar-refractivity contribution is 7.80. The van der Waals surface area contributed by atoms with E-state index in [1.54, 1.807) is 31.4 Å². The summed E-state index contributed by atoms with van der Waals surface area (Å²) in [5.41, 5.74) is 2.07. The molecule has 0 spiro atoms. The van der Waals surface area contributed by atoms with E-state index in [-0.39, 0.29) is 5.97 Å². The van der Waals surface area contributed by atoms with E-state index in [0.717, 1.165) is 24.2 Å². The summed E-state index contributed by atoms with van der Waals surface area (Å²) in [5, 5.41) is 6.59. The third kappa shape index (κ3) is 5.76. The summed E-state index contributed by atoms with van der Waals surface area (Å²) in [5.74, 6) is 0.395. The lowest BCUT2D eigenvalue weighted by molar-refractivity contribution is 0.0500. The molecule has 0 amide bonds. The van der Waals surface area contributed by atoms with E-state index < -0.39 is 0 Å². The van der Waals surface area contributed by atoms with Crippen LogP contribution in [-0.2, 0) is 4.74 Å². The van der Waals surface area contributed by atoms with Gasteiger partial charge in [0.05, 0.1) is 25.0 Å². The Hall–Kier alpha value is -2.60. The van der Waals surface area contributed by atoms with Crippen molar-refractivity contribution in [1.29, 1.82) is 0 Å². The highest BCUT2D eigenvalue weighted by Crippen LogP contribution is 2.23. The number of methoxy groups -OCH3 is 1. The van der Waals surface area contributed by atoms with E-state index in [2.05, 4.69) is 17.6 Å². The number of hydrogen-bond acceptors (Lipinski definition) is 4. The van der Waals surface area contributed by atoms with E-state index in [1.807, 2.05) is 24.3 Å². The van der Waals surface area contributed by atoms with Crippen LogP contribution in [0.3, 0.4) is 0 Å². The SMILES string of the molecule is CCCCOC(=O)c1ccc(NC(=S)Nc2ccccc2OC)cc1. The fourth-order valence-electron chi connectivity index (χ4n) is 2.11. The minimum Gasteiger partial charge on any atom is -0.495 e. The van der Waals surface area contributed by atoms with E-state index in [1.165, 1.54) is 0 Å². The third-order valence-electron chi connectivity index (χ3n) is 3.46. The summed E-state index contributed by atoms with van der Waals surface area (Å²) in [6, 6.07) is 14.5. The maximum Gasteiger partial charge on any atom is 0.338 e. The molecule has 0 aliphatic rings. The number of benzene rings is 2. The van der Waals surface area contributed by atoms with Gasteiger partial charge in [-0.3, -0.25) is 0 Å². The molecule has 0 fully saturated rings. The lowest BCUT2D eigenvalue weighted by atomic mass is 10.2. The largest absolute Gasteiger partial charge is 0.495 e. The highest BCUT2D eigenvalue weighted by atomic mass is 32.1. The molecule has 2 N–H and O–H groups in total. The lowest BCUT2D eigenvalue weighted by Gasteiger charge is -2.13. The molecule has 0 aliphatic heterocycles. The second kappa shape index (κ2) is 9.64. The first-order valence-electron chi connectivity index (χ1n) is 8.12. The molecule has 0 bridgehead atoms. The molecule has 0 aliphatic carbocycles. The van der Waals surface area contributed by atoms with E-state index in [4.69, 9.17) is 21.7 Å². The summed E-state index contributed by atoms with van der Waals surface area (Å²) in [4.78, 5) is 11.9. The van der Waals surface area contributed by atoms with Gasteiger partial charge in [-0.05, 0) is 55.0 Å². The standard InChI is InChI=1S/C19H22N2O3S/c1-3-4-13-24-18(22)14-9-11-15(12-10-14)20-19(25)21-16-7-5-6-8-17(16)23-2/h5-12H,3-4,13H2,1-2H3,(H2,20,21,25). The number of anilines is 2. The van der Waals surface area contributed by atoms with E-state index >= 15 is 0 Å². The molecular weight excluding hydrogens is 336 g/mol. The fraction of sp³-hybridized carbons (Fsp3) is 0.263. The minimum absolute atomic E-state index is 0.310. The second-order valence-corrected chi connectivity index (χ2v) is 5.75. The molecule has 5 nitrogen and oxygen atoms in total. The van der Waals surface area contributed by atoms with E-state index in [9.17, 15) is 4.79 Å². The maximum absolute atomic E-state index is 11.9. The van der Waals surface area contributed by atoms with Crippen LogP contribution >= 0.6 is 12.2 Å². The third-order valence-corrected chi connectivity index (χ3v) is 3.67. The summed E-state index contributed by atoms with van der Waals surface area (Å²) < 4.78 is 10.5. The molecular formula is C19H22N2O3S. The average Bonchev–Trinajstić information content (AvgIpc) is 2.63. The Bertz CT molecular complexity index is 717. The zero-order valence-corrected chi connectivity index (χ0v) is 15.2. The molecule has 2 aromatic rings. The molecule has 0 radical (unpaired) electrons. The van der Waals surface area contributed by atoms with Gasteiger partial charge in [0.15, 0.2) is 5.11 Å². The zero-order valence-electron chi connectivity index (χ0n) is 14.4. The van der Waals surface area contributed by atoms with Gasteiger partial charge in [-0.1, -0.05) is 25.5 Å². The van der Waals surface area contributed by atoms with Crippen molar-refractivity contribution in [3.8, 4) is 5.75 Å². The second-order valence-electron chi connectivity index (χ2n) is 5.35. The van der Waals surface area contributed by atoms with Crippen LogP contribution in [0.15, 0.2) is 48.5 Å². The topological polar surface area (TPSA) is 59.6 Å². The van der Waals surface area contributed by atoms with Crippen LogP contribution in [0.2, 0.25) is 0 Å². The number of carbonyl (C=O) groups is 1. The lowest BCUT2D eigenvalue weighted by Crippen LogP contribution is -2.19. The van der Waals surface area contributed by atoms with Gasteiger partial charge in [0.1, 0.15) is 5.75 Å². The number of thiocarbonyl (C=S) groups is 1. The molecule has 0 saturated heterocycles. The average molecular weight is 358 g/mol. The molecule has 0 heterocycles. The van der Waals surface area contributed by atoms with Gasteiger partial charge < -0.3 is 20.1 Å². The van der Waals surface area contributed by atoms with Crippen molar-refractivity contribution in [2.24, 2.45) is 0 Å². The zero-order chi connectivity index (χ0) is 18.1. The van der Waals surface area contributed by atoms with Gasteiger partial charge in [-0.2, -0.15) is 0 Å². The number of rotatable bonds is 7. The predicted octanol–water partition coefficient (Wildman–Crippen LogP) is 4.46. The normalized spacial score (nSPS) is 10.0. The van der Waals surface area contributed by atoms with Crippen LogP contribution in [0.25, 0.3) is 0 Å². The molecule has 0 saturated carbocycles. The molecule has 2 aromatic carbocycles. The first kappa shape index (κ1) is 18.7. The molecule has 6 heteroatoms. The summed E-state index contributed by atoms with van der Waals surface area (Å²) >= 11 is 5.31. The monoisotopic (exact) mass is 358 g/mol. The van der Waals surface area contributed by atoms with Crippen LogP contribution < -0.4 is 15.4 Å². The molecule has 132 valence electrons. The Kier molecular flexibility index (Phi) is 7.22. The van der Waals surface area contributed by atoms with Gasteiger partial charge in [0.25, 0.3) is 0 Å². The Morgan fingerprint density at radius 1 is 1.08 bits per heavy atom. The van der Waals surface area contributed by atoms with Crippen LogP contribution in [0.1, 0.15) is 30.1 Å². The van der Waals surface area contributed by atoms with Crippen molar-refractivity contribution in [3.05, 3.63) is 54.1 Å². The number of hydrogen-bond donors (Lipinski definition) is 2. The number of para-hydroxylation sites is 2. The Labute approximate surface area is 153 Å². The van der Waals surface area contributed by atoms with Crippen molar-refractivity contribution in [3.63, 3.8) is 0 Å². The smallest absolute Gasteiger partial charge is 0.338 e. The van der Waals surface area contributed by atoms with Gasteiger partial charge in [-0.15, -0.1) is 0 Å². The molecule has 0 unspecified atom stereocenters. The Balaban J connectivity index is 1.92. The van der Waals surface area contributed by atoms with Gasteiger partial charge >= 0.3 is 5.97 Å². The fourth-order valence-corrected chi connectivity index (χ4v) is 2.34. The van der Waals surface area contributed by atoms with Gasteiger partial charge in [0, 0.05) is 5.69 Å². The number of unbranched alkanes of at least 4 members (excludes halogenated alkanes) is 1. The van der Waals surface area contributed by atoms with Crippen LogP contribution in [-0.4, -0.2) is 24.8 Å². The van der Waals surface area contributed by atoms with Gasteiger partial charge in [0.2, 0.25) is 0 Å². The van der Waals surface area contributed by atoms with Crippen molar-refractivity contribution in [2.75, 3.05) is 24.4 Å². The van der Waals surface area contributed by atoms with Crippen LogP contribution in [0, 0.1) is 0 Å². The Morgan fingerprint density at radius 3 is 2.48 bits per heavy atom. The van der Waals surface area contributed by atoms with Crippen LogP contribution in [0.4, 0.5) is 11.4 Å². The van der Waals surface area contributed by atoms with Crippen molar-refractivity contribution >= 4 is 34.7 Å². The van der Waals surface area contributed by atoms with Crippen LogP contribution in [0.5, 0.6) is 5.75 Å². The molecule has 2 rings (SSSR count). The number of esters is 1. The minimum atomic E-state index is -0.310. The van der Waals surface area contributed by atoms with Crippen molar-refractivity contribution < 1.29 is 14.3 Å².